The molecule has 2 aromatic carbocycles. The highest BCUT2D eigenvalue weighted by atomic mass is 35.5. The molecule has 1 unspecified atom stereocenters. The molecule has 3 rings (SSSR count). The largest absolute Gasteiger partial charge is 0.457 e. The lowest BCUT2D eigenvalue weighted by atomic mass is 9.96. The van der Waals surface area contributed by atoms with Gasteiger partial charge < -0.3 is 10.2 Å². The summed E-state index contributed by atoms with van der Waals surface area (Å²) in [5, 5.41) is 1.59. The molecule has 0 saturated heterocycles. The molecule has 0 amide bonds. The zero-order valence-electron chi connectivity index (χ0n) is 11.5. The Hall–Kier alpha value is -1.77. The average molecular weight is 286 g/mol. The van der Waals surface area contributed by atoms with Gasteiger partial charge in [-0.15, -0.1) is 0 Å². The van der Waals surface area contributed by atoms with E-state index < -0.39 is 0 Å². The molecule has 0 saturated carbocycles. The summed E-state index contributed by atoms with van der Waals surface area (Å²) < 4.78 is 5.85. The summed E-state index contributed by atoms with van der Waals surface area (Å²) in [7, 11) is 0. The van der Waals surface area contributed by atoms with Crippen molar-refractivity contribution in [1.82, 2.24) is 0 Å². The van der Waals surface area contributed by atoms with Crippen LogP contribution in [0, 0.1) is 13.8 Å². The van der Waals surface area contributed by atoms with Crippen LogP contribution in [-0.2, 0) is 0 Å². The van der Waals surface area contributed by atoms with Crippen LogP contribution < -0.4 is 5.73 Å². The number of rotatable bonds is 2. The molecule has 102 valence electrons. The maximum atomic E-state index is 6.36. The molecule has 0 aliphatic carbocycles. The van der Waals surface area contributed by atoms with E-state index in [1.54, 1.807) is 0 Å². The van der Waals surface area contributed by atoms with Crippen LogP contribution >= 0.6 is 11.6 Å². The van der Waals surface area contributed by atoms with Gasteiger partial charge in [0.25, 0.3) is 0 Å². The standard InChI is InChI=1S/C17H16ClNO/c1-10-5-3-7-13(11(10)2)16(19)15-9-12-6-4-8-14(18)17(12)20-15/h3-9,16H,19H2,1-2H3. The van der Waals surface area contributed by atoms with Crippen LogP contribution in [0.15, 0.2) is 46.9 Å². The van der Waals surface area contributed by atoms with E-state index in [0.717, 1.165) is 16.7 Å². The molecule has 1 heterocycles. The molecule has 2 nitrogen and oxygen atoms in total. The molecule has 0 bridgehead atoms. The molecule has 20 heavy (non-hydrogen) atoms. The van der Waals surface area contributed by atoms with Gasteiger partial charge in [0, 0.05) is 5.39 Å². The van der Waals surface area contributed by atoms with Crippen LogP contribution in [0.25, 0.3) is 11.0 Å². The second kappa shape index (κ2) is 4.97. The second-order valence-corrected chi connectivity index (χ2v) is 5.48. The van der Waals surface area contributed by atoms with E-state index in [4.69, 9.17) is 21.8 Å². The van der Waals surface area contributed by atoms with Crippen molar-refractivity contribution in [2.45, 2.75) is 19.9 Å². The van der Waals surface area contributed by atoms with Crippen LogP contribution in [0.4, 0.5) is 0 Å². The first-order valence-electron chi connectivity index (χ1n) is 6.57. The van der Waals surface area contributed by atoms with Gasteiger partial charge in [-0.1, -0.05) is 41.9 Å². The number of fused-ring (bicyclic) bond motifs is 1. The Morgan fingerprint density at radius 3 is 2.60 bits per heavy atom. The molecule has 3 aromatic rings. The summed E-state index contributed by atoms with van der Waals surface area (Å²) in [5.41, 5.74) is 10.6. The minimum absolute atomic E-state index is 0.279. The summed E-state index contributed by atoms with van der Waals surface area (Å²) >= 11 is 6.14. The van der Waals surface area contributed by atoms with Crippen molar-refractivity contribution in [3.63, 3.8) is 0 Å². The van der Waals surface area contributed by atoms with E-state index >= 15 is 0 Å². The zero-order valence-corrected chi connectivity index (χ0v) is 12.2. The van der Waals surface area contributed by atoms with Gasteiger partial charge in [-0.05, 0) is 42.7 Å². The van der Waals surface area contributed by atoms with Gasteiger partial charge in [0.15, 0.2) is 5.58 Å². The molecule has 0 aliphatic heterocycles. The van der Waals surface area contributed by atoms with Crippen LogP contribution in [0.5, 0.6) is 0 Å². The summed E-state index contributed by atoms with van der Waals surface area (Å²) in [4.78, 5) is 0. The first-order valence-corrected chi connectivity index (χ1v) is 6.95. The van der Waals surface area contributed by atoms with Crippen molar-refractivity contribution in [2.75, 3.05) is 0 Å². The topological polar surface area (TPSA) is 39.2 Å². The highest BCUT2D eigenvalue weighted by Gasteiger charge is 2.17. The highest BCUT2D eigenvalue weighted by molar-refractivity contribution is 6.34. The van der Waals surface area contributed by atoms with E-state index in [1.165, 1.54) is 11.1 Å². The fourth-order valence-corrected chi connectivity index (χ4v) is 2.69. The zero-order chi connectivity index (χ0) is 14.3. The predicted molar refractivity (Wildman–Crippen MR) is 83.2 cm³/mol. The minimum Gasteiger partial charge on any atom is -0.457 e. The van der Waals surface area contributed by atoms with Gasteiger partial charge in [-0.2, -0.15) is 0 Å². The lowest BCUT2D eigenvalue weighted by Crippen LogP contribution is -2.12. The van der Waals surface area contributed by atoms with Gasteiger partial charge in [0.1, 0.15) is 5.76 Å². The minimum atomic E-state index is -0.279. The molecular formula is C17H16ClNO. The first-order chi connectivity index (χ1) is 9.58. The first kappa shape index (κ1) is 13.2. The Morgan fingerprint density at radius 2 is 1.85 bits per heavy atom. The molecule has 3 heteroatoms. The number of halogens is 1. The number of para-hydroxylation sites is 1. The summed E-state index contributed by atoms with van der Waals surface area (Å²) in [6.45, 7) is 4.17. The lowest BCUT2D eigenvalue weighted by molar-refractivity contribution is 0.524. The van der Waals surface area contributed by atoms with Crippen LogP contribution in [0.1, 0.15) is 28.5 Å². The fraction of sp³-hybridized carbons (Fsp3) is 0.176. The third kappa shape index (κ3) is 2.11. The number of hydrogen-bond acceptors (Lipinski definition) is 2. The van der Waals surface area contributed by atoms with Crippen LogP contribution in [-0.4, -0.2) is 0 Å². The Labute approximate surface area is 123 Å². The third-order valence-corrected chi connectivity index (χ3v) is 4.10. The number of nitrogens with two attached hydrogens (primary N) is 1. The number of hydrogen-bond donors (Lipinski definition) is 1. The number of aryl methyl sites for hydroxylation is 1. The van der Waals surface area contributed by atoms with Crippen LogP contribution in [0.3, 0.4) is 0 Å². The number of furan rings is 1. The molecule has 0 aliphatic rings. The summed E-state index contributed by atoms with van der Waals surface area (Å²) in [6, 6.07) is 13.5. The van der Waals surface area contributed by atoms with Crippen molar-refractivity contribution in [3.05, 3.63) is 69.9 Å². The third-order valence-electron chi connectivity index (χ3n) is 3.80. The maximum absolute atomic E-state index is 6.36. The Morgan fingerprint density at radius 1 is 1.10 bits per heavy atom. The van der Waals surface area contributed by atoms with E-state index in [0.29, 0.717) is 10.6 Å². The second-order valence-electron chi connectivity index (χ2n) is 5.07. The van der Waals surface area contributed by atoms with Gasteiger partial charge in [-0.25, -0.2) is 0 Å². The van der Waals surface area contributed by atoms with Gasteiger partial charge in [-0.3, -0.25) is 0 Å². The van der Waals surface area contributed by atoms with E-state index in [9.17, 15) is 0 Å². The molecule has 1 atom stereocenters. The smallest absolute Gasteiger partial charge is 0.152 e. The fourth-order valence-electron chi connectivity index (χ4n) is 2.46. The summed E-state index contributed by atoms with van der Waals surface area (Å²) in [5.74, 6) is 0.738. The van der Waals surface area contributed by atoms with Crippen molar-refractivity contribution in [1.29, 1.82) is 0 Å². The predicted octanol–water partition coefficient (Wildman–Crippen LogP) is 4.75. The van der Waals surface area contributed by atoms with Crippen LogP contribution in [0.2, 0.25) is 5.02 Å². The van der Waals surface area contributed by atoms with E-state index in [1.807, 2.05) is 36.4 Å². The van der Waals surface area contributed by atoms with Gasteiger partial charge in [0.2, 0.25) is 0 Å². The average Bonchev–Trinajstić information content (AvgIpc) is 2.87. The van der Waals surface area contributed by atoms with Crippen molar-refractivity contribution >= 4 is 22.6 Å². The summed E-state index contributed by atoms with van der Waals surface area (Å²) in [6.07, 6.45) is 0. The molecule has 1 aromatic heterocycles. The molecule has 0 radical (unpaired) electrons. The van der Waals surface area contributed by atoms with Crippen molar-refractivity contribution in [3.8, 4) is 0 Å². The quantitative estimate of drug-likeness (QED) is 0.738. The van der Waals surface area contributed by atoms with Crippen molar-refractivity contribution < 1.29 is 4.42 Å². The Balaban J connectivity index is 2.10. The maximum Gasteiger partial charge on any atom is 0.152 e. The van der Waals surface area contributed by atoms with Gasteiger partial charge in [0.05, 0.1) is 11.1 Å². The highest BCUT2D eigenvalue weighted by Crippen LogP contribution is 2.32. The molecule has 0 fully saturated rings. The normalized spacial score (nSPS) is 12.8. The SMILES string of the molecule is Cc1cccc(C(N)c2cc3cccc(Cl)c3o2)c1C. The molecular weight excluding hydrogens is 270 g/mol. The van der Waals surface area contributed by atoms with E-state index in [-0.39, 0.29) is 6.04 Å². The van der Waals surface area contributed by atoms with Gasteiger partial charge >= 0.3 is 0 Å². The molecule has 0 spiro atoms. The Bertz CT molecular complexity index is 776. The monoisotopic (exact) mass is 285 g/mol. The number of benzene rings is 2. The lowest BCUT2D eigenvalue weighted by Gasteiger charge is -2.14. The molecule has 2 N–H and O–H groups in total. The van der Waals surface area contributed by atoms with E-state index in [2.05, 4.69) is 19.9 Å². The Kier molecular flexibility index (Phi) is 3.28. The van der Waals surface area contributed by atoms with Crippen molar-refractivity contribution in [2.24, 2.45) is 5.73 Å².